The molecule has 0 saturated carbocycles. The highest BCUT2D eigenvalue weighted by Crippen LogP contribution is 2.27. The van der Waals surface area contributed by atoms with Crippen LogP contribution in [0.1, 0.15) is 10.5 Å². The van der Waals surface area contributed by atoms with E-state index in [1.807, 2.05) is 36.4 Å². The maximum absolute atomic E-state index is 13.4. The molecule has 2 N–H and O–H groups in total. The molecule has 1 amide bonds. The molecular weight excluding hydrogens is 283 g/mol. The number of β-amino-alcohol motifs (C(OH)–C–C–N with tert-alkyl or cyclic N) is 1. The summed E-state index contributed by atoms with van der Waals surface area (Å²) in [5.74, 6) is -0.278. The standard InChI is InChI=1S/C17H15FN2O2/c18-13-8-20(9-16(13)21)17(22)15-7-12-11-4-2-1-3-10(11)5-6-14(12)19-15/h1-7,13,16,19,21H,8-9H2/t13-,16-/m1/s1. The van der Waals surface area contributed by atoms with E-state index in [-0.39, 0.29) is 19.0 Å². The maximum Gasteiger partial charge on any atom is 0.270 e. The second kappa shape index (κ2) is 4.81. The van der Waals surface area contributed by atoms with Gasteiger partial charge in [0.25, 0.3) is 5.91 Å². The molecule has 1 saturated heterocycles. The Morgan fingerprint density at radius 3 is 2.77 bits per heavy atom. The fourth-order valence-corrected chi connectivity index (χ4v) is 3.08. The number of halogens is 1. The third-order valence-electron chi connectivity index (χ3n) is 4.27. The number of hydrogen-bond acceptors (Lipinski definition) is 2. The molecule has 2 atom stereocenters. The molecule has 0 bridgehead atoms. The predicted octanol–water partition coefficient (Wildman–Crippen LogP) is 2.48. The first-order chi connectivity index (χ1) is 10.6. The molecule has 2 heterocycles. The van der Waals surface area contributed by atoms with Gasteiger partial charge in [-0.15, -0.1) is 0 Å². The van der Waals surface area contributed by atoms with E-state index in [0.717, 1.165) is 21.7 Å². The van der Waals surface area contributed by atoms with Crippen LogP contribution in [0.5, 0.6) is 0 Å². The van der Waals surface area contributed by atoms with Gasteiger partial charge in [-0.3, -0.25) is 4.79 Å². The molecule has 4 rings (SSSR count). The van der Waals surface area contributed by atoms with Crippen molar-refractivity contribution in [2.45, 2.75) is 12.3 Å². The van der Waals surface area contributed by atoms with Gasteiger partial charge in [0, 0.05) is 17.4 Å². The number of nitrogens with one attached hydrogen (secondary N) is 1. The van der Waals surface area contributed by atoms with Crippen LogP contribution in [-0.2, 0) is 0 Å². The Balaban J connectivity index is 1.77. The number of carbonyl (C=O) groups is 1. The van der Waals surface area contributed by atoms with E-state index in [1.165, 1.54) is 4.90 Å². The van der Waals surface area contributed by atoms with Gasteiger partial charge < -0.3 is 15.0 Å². The van der Waals surface area contributed by atoms with Crippen molar-refractivity contribution < 1.29 is 14.3 Å². The van der Waals surface area contributed by atoms with E-state index in [0.29, 0.717) is 5.69 Å². The van der Waals surface area contributed by atoms with Crippen molar-refractivity contribution in [2.75, 3.05) is 13.1 Å². The van der Waals surface area contributed by atoms with Crippen LogP contribution in [0, 0.1) is 0 Å². The number of amides is 1. The lowest BCUT2D eigenvalue weighted by atomic mass is 10.1. The van der Waals surface area contributed by atoms with Gasteiger partial charge in [-0.25, -0.2) is 4.39 Å². The van der Waals surface area contributed by atoms with Crippen LogP contribution in [0.15, 0.2) is 42.5 Å². The zero-order valence-corrected chi connectivity index (χ0v) is 11.8. The molecule has 1 fully saturated rings. The molecule has 0 radical (unpaired) electrons. The zero-order valence-electron chi connectivity index (χ0n) is 11.8. The van der Waals surface area contributed by atoms with Gasteiger partial charge in [-0.2, -0.15) is 0 Å². The highest BCUT2D eigenvalue weighted by atomic mass is 19.1. The quantitative estimate of drug-likeness (QED) is 0.725. The van der Waals surface area contributed by atoms with Crippen LogP contribution in [-0.4, -0.2) is 46.3 Å². The molecule has 1 aliphatic heterocycles. The monoisotopic (exact) mass is 298 g/mol. The SMILES string of the molecule is O=C(c1cc2c(ccc3ccccc32)[nH]1)N1C[C@@H](O)[C@H](F)C1. The van der Waals surface area contributed by atoms with E-state index >= 15 is 0 Å². The van der Waals surface area contributed by atoms with Gasteiger partial charge in [0.15, 0.2) is 0 Å². The third-order valence-corrected chi connectivity index (χ3v) is 4.27. The largest absolute Gasteiger partial charge is 0.388 e. The summed E-state index contributed by atoms with van der Waals surface area (Å²) in [6.07, 6.45) is -2.46. The number of H-pyrrole nitrogens is 1. The van der Waals surface area contributed by atoms with Crippen LogP contribution in [0.4, 0.5) is 4.39 Å². The summed E-state index contributed by atoms with van der Waals surface area (Å²) in [5, 5.41) is 12.6. The number of aliphatic hydroxyl groups excluding tert-OH is 1. The van der Waals surface area contributed by atoms with Crippen molar-refractivity contribution in [1.82, 2.24) is 9.88 Å². The summed E-state index contributed by atoms with van der Waals surface area (Å²) in [6.45, 7) is -0.0216. The maximum atomic E-state index is 13.4. The van der Waals surface area contributed by atoms with Gasteiger partial charge in [-0.1, -0.05) is 30.3 Å². The molecule has 4 nitrogen and oxygen atoms in total. The molecular formula is C17H15FN2O2. The number of benzene rings is 2. The smallest absolute Gasteiger partial charge is 0.270 e. The van der Waals surface area contributed by atoms with Gasteiger partial charge in [0.05, 0.1) is 6.54 Å². The number of fused-ring (bicyclic) bond motifs is 3. The average Bonchev–Trinajstić information content (AvgIpc) is 3.11. The van der Waals surface area contributed by atoms with E-state index in [9.17, 15) is 14.3 Å². The molecule has 1 aromatic heterocycles. The summed E-state index contributed by atoms with van der Waals surface area (Å²) >= 11 is 0. The van der Waals surface area contributed by atoms with Gasteiger partial charge in [0.1, 0.15) is 18.0 Å². The lowest BCUT2D eigenvalue weighted by molar-refractivity contribution is 0.0759. The Kier molecular flexibility index (Phi) is 2.90. The topological polar surface area (TPSA) is 56.3 Å². The second-order valence-corrected chi connectivity index (χ2v) is 5.72. The number of hydrogen-bond donors (Lipinski definition) is 2. The van der Waals surface area contributed by atoms with Crippen molar-refractivity contribution in [3.8, 4) is 0 Å². The van der Waals surface area contributed by atoms with E-state index in [4.69, 9.17) is 0 Å². The average molecular weight is 298 g/mol. The molecule has 0 unspecified atom stereocenters. The molecule has 1 aliphatic rings. The Bertz CT molecular complexity index is 863. The highest BCUT2D eigenvalue weighted by Gasteiger charge is 2.34. The van der Waals surface area contributed by atoms with Gasteiger partial charge >= 0.3 is 0 Å². The van der Waals surface area contributed by atoms with Gasteiger partial charge in [-0.05, 0) is 22.9 Å². The highest BCUT2D eigenvalue weighted by molar-refractivity contribution is 6.09. The normalized spacial score (nSPS) is 21.8. The minimum atomic E-state index is -1.37. The fraction of sp³-hybridized carbons (Fsp3) is 0.235. The zero-order chi connectivity index (χ0) is 15.3. The first-order valence-corrected chi connectivity index (χ1v) is 7.25. The molecule has 2 aromatic carbocycles. The van der Waals surface area contributed by atoms with Crippen molar-refractivity contribution >= 4 is 27.6 Å². The number of aliphatic hydroxyl groups is 1. The van der Waals surface area contributed by atoms with Crippen LogP contribution < -0.4 is 0 Å². The van der Waals surface area contributed by atoms with Crippen molar-refractivity contribution in [1.29, 1.82) is 0 Å². The molecule has 3 aromatic rings. The van der Waals surface area contributed by atoms with E-state index < -0.39 is 12.3 Å². The predicted molar refractivity (Wildman–Crippen MR) is 82.6 cm³/mol. The van der Waals surface area contributed by atoms with Crippen LogP contribution in [0.25, 0.3) is 21.7 Å². The summed E-state index contributed by atoms with van der Waals surface area (Å²) in [4.78, 5) is 16.9. The number of likely N-dealkylation sites (tertiary alicyclic amines) is 1. The Hall–Kier alpha value is -2.40. The lowest BCUT2D eigenvalue weighted by Gasteiger charge is -2.13. The summed E-state index contributed by atoms with van der Waals surface area (Å²) in [7, 11) is 0. The first kappa shape index (κ1) is 13.3. The van der Waals surface area contributed by atoms with Crippen molar-refractivity contribution in [3.05, 3.63) is 48.2 Å². The Labute approximate surface area is 126 Å². The molecule has 0 aliphatic carbocycles. The molecule has 0 spiro atoms. The Morgan fingerprint density at radius 2 is 2.00 bits per heavy atom. The number of rotatable bonds is 1. The van der Waals surface area contributed by atoms with Crippen LogP contribution in [0.2, 0.25) is 0 Å². The number of carbonyl (C=O) groups excluding carboxylic acids is 1. The van der Waals surface area contributed by atoms with Gasteiger partial charge in [0.2, 0.25) is 0 Å². The second-order valence-electron chi connectivity index (χ2n) is 5.72. The number of aromatic nitrogens is 1. The number of aromatic amines is 1. The summed E-state index contributed by atoms with van der Waals surface area (Å²) in [5.41, 5.74) is 1.30. The lowest BCUT2D eigenvalue weighted by Crippen LogP contribution is -2.29. The van der Waals surface area contributed by atoms with E-state index in [1.54, 1.807) is 6.07 Å². The molecule has 5 heteroatoms. The minimum absolute atomic E-state index is 0.0378. The van der Waals surface area contributed by atoms with E-state index in [2.05, 4.69) is 4.98 Å². The Morgan fingerprint density at radius 1 is 1.18 bits per heavy atom. The number of nitrogens with zero attached hydrogens (tertiary/aromatic N) is 1. The van der Waals surface area contributed by atoms with Crippen LogP contribution >= 0.6 is 0 Å². The third kappa shape index (κ3) is 1.97. The number of alkyl halides is 1. The first-order valence-electron chi connectivity index (χ1n) is 7.25. The fourth-order valence-electron chi connectivity index (χ4n) is 3.08. The molecule has 22 heavy (non-hydrogen) atoms. The summed E-state index contributed by atoms with van der Waals surface area (Å²) < 4.78 is 13.4. The van der Waals surface area contributed by atoms with Crippen molar-refractivity contribution in [2.24, 2.45) is 0 Å². The van der Waals surface area contributed by atoms with Crippen LogP contribution in [0.3, 0.4) is 0 Å². The molecule has 112 valence electrons. The van der Waals surface area contributed by atoms with Crippen molar-refractivity contribution in [3.63, 3.8) is 0 Å². The summed E-state index contributed by atoms with van der Waals surface area (Å²) in [6, 6.07) is 13.7. The minimum Gasteiger partial charge on any atom is -0.388 e.